The molecule has 0 saturated heterocycles. The van der Waals surface area contributed by atoms with Gasteiger partial charge in [-0.25, -0.2) is 0 Å². The van der Waals surface area contributed by atoms with Gasteiger partial charge in [0.1, 0.15) is 0 Å². The van der Waals surface area contributed by atoms with Crippen LogP contribution >= 0.6 is 0 Å². The first-order valence-electron chi connectivity index (χ1n) is 8.96. The summed E-state index contributed by atoms with van der Waals surface area (Å²) in [7, 11) is 0. The fourth-order valence-electron chi connectivity index (χ4n) is 2.07. The zero-order valence-electron chi connectivity index (χ0n) is 17.4. The first-order chi connectivity index (χ1) is 11.9. The van der Waals surface area contributed by atoms with Gasteiger partial charge < -0.3 is 0 Å². The number of aryl methyl sites for hydroxylation is 1. The maximum atomic E-state index is 2.89. The van der Waals surface area contributed by atoms with Crippen LogP contribution in [-0.2, 0) is 71.8 Å². The van der Waals surface area contributed by atoms with Crippen molar-refractivity contribution in [3.8, 4) is 11.1 Å². The van der Waals surface area contributed by atoms with E-state index in [2.05, 4.69) is 67.6 Å². The van der Waals surface area contributed by atoms with E-state index in [-0.39, 0.29) is 70.1 Å². The molecule has 0 aliphatic heterocycles. The molecule has 0 saturated carbocycles. The average molecular weight is 517 g/mol. The summed E-state index contributed by atoms with van der Waals surface area (Å²) >= 11 is 0. The summed E-state index contributed by atoms with van der Waals surface area (Å²) in [5, 5.41) is 0. The second-order valence-electron chi connectivity index (χ2n) is 4.45. The first kappa shape index (κ1) is 34.3. The number of hydrogen-bond acceptors (Lipinski definition) is 0. The van der Waals surface area contributed by atoms with Gasteiger partial charge in [0.25, 0.3) is 0 Å². The predicted octanol–water partition coefficient (Wildman–Crippen LogP) is 7.60. The third-order valence-electron chi connectivity index (χ3n) is 3.09. The van der Waals surface area contributed by atoms with E-state index >= 15 is 0 Å². The Bertz CT molecular complexity index is 587. The molecular formula is C24H32FY2-. The number of rotatable bonds is 2. The Kier molecular flexibility index (Phi) is 32.8. The third kappa shape index (κ3) is 15.4. The van der Waals surface area contributed by atoms with Crippen LogP contribution < -0.4 is 0 Å². The summed E-state index contributed by atoms with van der Waals surface area (Å²) in [4.78, 5) is 0. The number of benzene rings is 3. The van der Waals surface area contributed by atoms with Gasteiger partial charge in [0.15, 0.2) is 0 Å². The fraction of sp³-hybridized carbons (Fsp3) is 0.250. The topological polar surface area (TPSA) is 0 Å². The second kappa shape index (κ2) is 25.8. The molecule has 27 heavy (non-hydrogen) atoms. The minimum absolute atomic E-state index is 0. The molecule has 3 heteroatoms. The summed E-state index contributed by atoms with van der Waals surface area (Å²) < 4.78 is 0. The van der Waals surface area contributed by atoms with Crippen molar-refractivity contribution in [3.05, 3.63) is 96.6 Å². The zero-order chi connectivity index (χ0) is 18.0. The van der Waals surface area contributed by atoms with E-state index in [1.165, 1.54) is 16.7 Å². The summed E-state index contributed by atoms with van der Waals surface area (Å²) in [6.07, 6.45) is 1.09. The van der Waals surface area contributed by atoms with E-state index in [1.807, 2.05) is 58.0 Å². The summed E-state index contributed by atoms with van der Waals surface area (Å²) in [5.41, 5.74) is 4.08. The molecule has 0 unspecified atom stereocenters. The molecular weight excluding hydrogens is 485 g/mol. The van der Waals surface area contributed by atoms with Crippen molar-refractivity contribution >= 4 is 0 Å². The Morgan fingerprint density at radius 1 is 0.630 bits per heavy atom. The normalized spacial score (nSPS) is 7.44. The standard InChI is InChI=1S/C14H14.C6H5.2C2H6.FH.2Y/c1-2-12-8-6-7-11-14(12)13-9-4-3-5-10-13;1-2-4-6-5-3-1;2*1-2;;;/h3-11H,2H2,1H3;1-5H;2*1-2H3;1H;;/q;-1;;;;;. The van der Waals surface area contributed by atoms with E-state index in [0.29, 0.717) is 0 Å². The molecule has 0 atom stereocenters. The monoisotopic (exact) mass is 517 g/mol. The molecule has 0 nitrogen and oxygen atoms in total. The third-order valence-corrected chi connectivity index (χ3v) is 3.09. The van der Waals surface area contributed by atoms with Crippen LogP contribution in [0.4, 0.5) is 4.70 Å². The van der Waals surface area contributed by atoms with Crippen LogP contribution in [0.3, 0.4) is 0 Å². The Morgan fingerprint density at radius 2 is 1.07 bits per heavy atom. The van der Waals surface area contributed by atoms with Gasteiger partial charge >= 0.3 is 0 Å². The van der Waals surface area contributed by atoms with Gasteiger partial charge in [-0.3, -0.25) is 4.70 Å². The molecule has 0 amide bonds. The van der Waals surface area contributed by atoms with Crippen molar-refractivity contribution in [2.45, 2.75) is 41.0 Å². The second-order valence-corrected chi connectivity index (χ2v) is 4.45. The average Bonchev–Trinajstić information content (AvgIpc) is 2.73. The van der Waals surface area contributed by atoms with E-state index in [1.54, 1.807) is 0 Å². The van der Waals surface area contributed by atoms with Gasteiger partial charge in [0.2, 0.25) is 0 Å². The van der Waals surface area contributed by atoms with Crippen LogP contribution in [0.25, 0.3) is 11.1 Å². The molecule has 0 heterocycles. The quantitative estimate of drug-likeness (QED) is 0.307. The number of halogens is 1. The minimum atomic E-state index is 0. The SMILES string of the molecule is CC.CC.CCc1ccccc1-c1ccccc1.F.[Y].[Y].[c-]1ccccc1. The van der Waals surface area contributed by atoms with Crippen molar-refractivity contribution in [1.29, 1.82) is 0 Å². The van der Waals surface area contributed by atoms with Crippen LogP contribution in [0.2, 0.25) is 0 Å². The van der Waals surface area contributed by atoms with E-state index in [9.17, 15) is 0 Å². The predicted molar refractivity (Wildman–Crippen MR) is 112 cm³/mol. The molecule has 0 fully saturated rings. The summed E-state index contributed by atoms with van der Waals surface area (Å²) in [6, 6.07) is 31.6. The maximum absolute atomic E-state index is 2.89. The Morgan fingerprint density at radius 3 is 1.48 bits per heavy atom. The molecule has 3 rings (SSSR count). The van der Waals surface area contributed by atoms with Crippen molar-refractivity contribution in [1.82, 2.24) is 0 Å². The van der Waals surface area contributed by atoms with Crippen LogP contribution in [-0.4, -0.2) is 0 Å². The van der Waals surface area contributed by atoms with Crippen LogP contribution in [0.5, 0.6) is 0 Å². The van der Waals surface area contributed by atoms with Gasteiger partial charge in [-0.05, 0) is 23.1 Å². The minimum Gasteiger partial charge on any atom is -0.269 e. The van der Waals surface area contributed by atoms with Gasteiger partial charge in [0, 0.05) is 65.4 Å². The molecule has 0 N–H and O–H groups in total. The van der Waals surface area contributed by atoms with Crippen LogP contribution in [0.15, 0.2) is 84.9 Å². The maximum Gasteiger partial charge on any atom is 0 e. The van der Waals surface area contributed by atoms with Gasteiger partial charge in [-0.2, -0.15) is 36.4 Å². The van der Waals surface area contributed by atoms with Crippen molar-refractivity contribution in [3.63, 3.8) is 0 Å². The Hall–Kier alpha value is -0.202. The van der Waals surface area contributed by atoms with Crippen LogP contribution in [0.1, 0.15) is 40.2 Å². The summed E-state index contributed by atoms with van der Waals surface area (Å²) in [6.45, 7) is 10.2. The molecule has 0 aromatic heterocycles. The van der Waals surface area contributed by atoms with E-state index in [4.69, 9.17) is 0 Å². The number of hydrogen-bond donors (Lipinski definition) is 0. The molecule has 3 aromatic rings. The smallest absolute Gasteiger partial charge is 0 e. The molecule has 0 aliphatic carbocycles. The largest absolute Gasteiger partial charge is 0.269 e. The first-order valence-corrected chi connectivity index (χ1v) is 8.96. The summed E-state index contributed by atoms with van der Waals surface area (Å²) in [5.74, 6) is 0. The zero-order valence-corrected chi connectivity index (χ0v) is 23.0. The fourth-order valence-corrected chi connectivity index (χ4v) is 2.07. The van der Waals surface area contributed by atoms with E-state index < -0.39 is 0 Å². The van der Waals surface area contributed by atoms with Crippen molar-refractivity contribution in [2.75, 3.05) is 0 Å². The van der Waals surface area contributed by atoms with Crippen LogP contribution in [0, 0.1) is 6.07 Å². The van der Waals surface area contributed by atoms with E-state index in [0.717, 1.165) is 6.42 Å². The molecule has 0 bridgehead atoms. The Labute approximate surface area is 216 Å². The molecule has 3 aromatic carbocycles. The van der Waals surface area contributed by atoms with Crippen molar-refractivity contribution < 1.29 is 70.1 Å². The molecule has 0 aliphatic rings. The molecule has 142 valence electrons. The van der Waals surface area contributed by atoms with Gasteiger partial charge in [-0.1, -0.05) is 89.2 Å². The molecule has 2 radical (unpaired) electrons. The Balaban J connectivity index is -0.000000175. The van der Waals surface area contributed by atoms with Crippen molar-refractivity contribution in [2.24, 2.45) is 0 Å². The molecule has 0 spiro atoms. The van der Waals surface area contributed by atoms with Gasteiger partial charge in [-0.15, -0.1) is 0 Å². The van der Waals surface area contributed by atoms with Gasteiger partial charge in [0.05, 0.1) is 0 Å².